The number of nitrogens with zero attached hydrogens (tertiary/aromatic N) is 2. The summed E-state index contributed by atoms with van der Waals surface area (Å²) < 4.78 is 0. The van der Waals surface area contributed by atoms with E-state index in [4.69, 9.17) is 28.6 Å². The molecule has 1 heterocycles. The van der Waals surface area contributed by atoms with Crippen molar-refractivity contribution in [3.05, 3.63) is 22.7 Å². The Labute approximate surface area is 141 Å². The van der Waals surface area contributed by atoms with E-state index < -0.39 is 0 Å². The highest BCUT2D eigenvalue weighted by atomic mass is 35.5. The van der Waals surface area contributed by atoms with E-state index in [1.165, 1.54) is 18.1 Å². The van der Waals surface area contributed by atoms with E-state index in [2.05, 4.69) is 18.7 Å². The Balaban J connectivity index is 2.33. The second-order valence-electron chi connectivity index (χ2n) is 6.71. The summed E-state index contributed by atoms with van der Waals surface area (Å²) in [5, 5.41) is 9.51. The second kappa shape index (κ2) is 6.37. The van der Waals surface area contributed by atoms with Gasteiger partial charge in [-0.05, 0) is 18.6 Å². The van der Waals surface area contributed by atoms with Gasteiger partial charge in [0.1, 0.15) is 0 Å². The molecule has 1 aromatic rings. The van der Waals surface area contributed by atoms with Crippen molar-refractivity contribution < 1.29 is 4.79 Å². The lowest BCUT2D eigenvalue weighted by molar-refractivity contribution is -0.134. The monoisotopic (exact) mass is 337 g/mol. The summed E-state index contributed by atoms with van der Waals surface area (Å²) in [6.45, 7) is 7.07. The Morgan fingerprint density at radius 3 is 2.70 bits per heavy atom. The van der Waals surface area contributed by atoms with E-state index in [-0.39, 0.29) is 17.4 Å². The molecular formula is C16H24ClN5O. The van der Waals surface area contributed by atoms with Gasteiger partial charge in [0.25, 0.3) is 0 Å². The summed E-state index contributed by atoms with van der Waals surface area (Å²) in [6, 6.07) is 3.46. The molecule has 0 bridgehead atoms. The first-order chi connectivity index (χ1) is 10.7. The van der Waals surface area contributed by atoms with Gasteiger partial charge in [-0.3, -0.25) is 9.80 Å². The summed E-state index contributed by atoms with van der Waals surface area (Å²) in [5.74, 6) is 5.81. The Kier molecular flexibility index (Phi) is 4.87. The zero-order valence-corrected chi connectivity index (χ0v) is 14.5. The lowest BCUT2D eigenvalue weighted by Crippen LogP contribution is -2.59. The van der Waals surface area contributed by atoms with E-state index in [0.29, 0.717) is 22.8 Å². The molecule has 126 valence electrons. The predicted octanol–water partition coefficient (Wildman–Crippen LogP) is 2.25. The van der Waals surface area contributed by atoms with Crippen LogP contribution in [-0.2, 0) is 4.79 Å². The van der Waals surface area contributed by atoms with Crippen molar-refractivity contribution in [3.8, 4) is 0 Å². The van der Waals surface area contributed by atoms with Gasteiger partial charge < -0.3 is 16.0 Å². The fourth-order valence-corrected chi connectivity index (χ4v) is 3.55. The molecule has 1 saturated heterocycles. The first kappa shape index (κ1) is 17.6. The number of benzene rings is 1. The van der Waals surface area contributed by atoms with Crippen LogP contribution in [0.3, 0.4) is 0 Å². The number of nitrogen functional groups attached to an aromatic ring is 1. The molecule has 1 aliphatic heterocycles. The van der Waals surface area contributed by atoms with E-state index in [1.807, 2.05) is 6.07 Å². The highest BCUT2D eigenvalue weighted by Crippen LogP contribution is 2.37. The molecule has 1 atom stereocenters. The fourth-order valence-electron chi connectivity index (χ4n) is 3.33. The standard InChI is InChI=1S/C16H24ClN5O/c1-10(23)22(20)15-4-5-21(9-16(15,2)3)14-7-11(17)6-13(19)12(14)8-18/h6-8,15,18H,4-5,9,19-20H2,1-3H3. The molecular weight excluding hydrogens is 314 g/mol. The van der Waals surface area contributed by atoms with Crippen LogP contribution in [0.25, 0.3) is 0 Å². The summed E-state index contributed by atoms with van der Waals surface area (Å²) in [4.78, 5) is 13.8. The molecule has 0 radical (unpaired) electrons. The molecule has 1 amide bonds. The third-order valence-electron chi connectivity index (χ3n) is 4.51. The molecule has 0 aliphatic carbocycles. The zero-order chi connectivity index (χ0) is 17.4. The molecule has 1 fully saturated rings. The Morgan fingerprint density at radius 1 is 1.52 bits per heavy atom. The number of amides is 1. The molecule has 6 nitrogen and oxygen atoms in total. The van der Waals surface area contributed by atoms with E-state index in [0.717, 1.165) is 18.7 Å². The van der Waals surface area contributed by atoms with E-state index in [9.17, 15) is 4.79 Å². The fraction of sp³-hybridized carbons (Fsp3) is 0.500. The van der Waals surface area contributed by atoms with Gasteiger partial charge in [-0.15, -0.1) is 0 Å². The van der Waals surface area contributed by atoms with Crippen LogP contribution in [0.1, 0.15) is 32.8 Å². The van der Waals surface area contributed by atoms with Crippen molar-refractivity contribution in [2.75, 3.05) is 23.7 Å². The van der Waals surface area contributed by atoms with Gasteiger partial charge >= 0.3 is 0 Å². The molecule has 5 N–H and O–H groups in total. The van der Waals surface area contributed by atoms with Gasteiger partial charge in [0.2, 0.25) is 5.91 Å². The number of carbonyl (C=O) groups excluding carboxylic acids is 1. The number of nitrogens with two attached hydrogens (primary N) is 2. The highest BCUT2D eigenvalue weighted by molar-refractivity contribution is 6.31. The highest BCUT2D eigenvalue weighted by Gasteiger charge is 2.40. The van der Waals surface area contributed by atoms with Gasteiger partial charge in [0, 0.05) is 53.6 Å². The van der Waals surface area contributed by atoms with Crippen LogP contribution < -0.4 is 16.5 Å². The molecule has 23 heavy (non-hydrogen) atoms. The van der Waals surface area contributed by atoms with E-state index in [1.54, 1.807) is 6.07 Å². The molecule has 7 heteroatoms. The number of hydrogen-bond donors (Lipinski definition) is 3. The Morgan fingerprint density at radius 2 is 2.17 bits per heavy atom. The number of rotatable bonds is 3. The lowest BCUT2D eigenvalue weighted by atomic mass is 9.78. The Bertz CT molecular complexity index is 631. The first-order valence-corrected chi connectivity index (χ1v) is 7.94. The SMILES string of the molecule is CC(=O)N(N)C1CCN(c2cc(Cl)cc(N)c2C=N)CC1(C)C. The van der Waals surface area contributed by atoms with Crippen molar-refractivity contribution in [2.45, 2.75) is 33.2 Å². The van der Waals surface area contributed by atoms with Crippen LogP contribution in [0.2, 0.25) is 5.02 Å². The van der Waals surface area contributed by atoms with Crippen LogP contribution in [0.15, 0.2) is 12.1 Å². The van der Waals surface area contributed by atoms with E-state index >= 15 is 0 Å². The van der Waals surface area contributed by atoms with Gasteiger partial charge in [-0.2, -0.15) is 0 Å². The topological polar surface area (TPSA) is 99.4 Å². The third kappa shape index (κ3) is 3.43. The predicted molar refractivity (Wildman–Crippen MR) is 94.9 cm³/mol. The Hall–Kier alpha value is -1.79. The molecule has 1 aromatic carbocycles. The third-order valence-corrected chi connectivity index (χ3v) is 4.73. The zero-order valence-electron chi connectivity index (χ0n) is 13.8. The number of hydrazine groups is 1. The molecule has 2 rings (SSSR count). The number of anilines is 2. The van der Waals surface area contributed by atoms with Gasteiger partial charge in [-0.25, -0.2) is 5.84 Å². The quantitative estimate of drug-likeness (QED) is 0.259. The number of halogens is 1. The second-order valence-corrected chi connectivity index (χ2v) is 7.15. The average Bonchev–Trinajstić information content (AvgIpc) is 2.44. The first-order valence-electron chi connectivity index (χ1n) is 7.56. The summed E-state index contributed by atoms with van der Waals surface area (Å²) in [6.07, 6.45) is 2.00. The van der Waals surface area contributed by atoms with Gasteiger partial charge in [0.05, 0.1) is 6.04 Å². The minimum absolute atomic E-state index is 0.0313. The molecule has 0 saturated carbocycles. The number of carbonyl (C=O) groups is 1. The minimum Gasteiger partial charge on any atom is -0.398 e. The maximum Gasteiger partial charge on any atom is 0.233 e. The largest absolute Gasteiger partial charge is 0.398 e. The molecule has 1 aliphatic rings. The van der Waals surface area contributed by atoms with Crippen LogP contribution in [0.5, 0.6) is 0 Å². The normalized spacial score (nSPS) is 20.2. The van der Waals surface area contributed by atoms with Crippen molar-refractivity contribution in [1.82, 2.24) is 5.01 Å². The average molecular weight is 338 g/mol. The van der Waals surface area contributed by atoms with Crippen molar-refractivity contribution in [2.24, 2.45) is 11.3 Å². The maximum absolute atomic E-state index is 11.6. The number of nitrogens with one attached hydrogen (secondary N) is 1. The maximum atomic E-state index is 11.6. The van der Waals surface area contributed by atoms with Crippen LogP contribution in [0, 0.1) is 10.8 Å². The number of piperidine rings is 1. The van der Waals surface area contributed by atoms with Gasteiger partial charge in [0.15, 0.2) is 0 Å². The molecule has 0 spiro atoms. The molecule has 0 aromatic heterocycles. The minimum atomic E-state index is -0.199. The molecule has 1 unspecified atom stereocenters. The van der Waals surface area contributed by atoms with Crippen molar-refractivity contribution >= 4 is 35.1 Å². The smallest absolute Gasteiger partial charge is 0.233 e. The van der Waals surface area contributed by atoms with Crippen molar-refractivity contribution in [3.63, 3.8) is 0 Å². The lowest BCUT2D eigenvalue weighted by Gasteiger charge is -2.48. The summed E-state index contributed by atoms with van der Waals surface area (Å²) in [5.41, 5.74) is 7.80. The van der Waals surface area contributed by atoms with Crippen LogP contribution in [-0.4, -0.2) is 36.3 Å². The van der Waals surface area contributed by atoms with Crippen molar-refractivity contribution in [1.29, 1.82) is 5.41 Å². The summed E-state index contributed by atoms with van der Waals surface area (Å²) in [7, 11) is 0. The summed E-state index contributed by atoms with van der Waals surface area (Å²) >= 11 is 6.14. The number of hydrogen-bond acceptors (Lipinski definition) is 5. The van der Waals surface area contributed by atoms with Crippen LogP contribution >= 0.6 is 11.6 Å². The van der Waals surface area contributed by atoms with Crippen LogP contribution in [0.4, 0.5) is 11.4 Å². The van der Waals surface area contributed by atoms with Gasteiger partial charge in [-0.1, -0.05) is 25.4 Å².